The molecular weight excluding hydrogens is 290 g/mol. The summed E-state index contributed by atoms with van der Waals surface area (Å²) in [6, 6.07) is 0. The second-order valence-corrected chi connectivity index (χ2v) is 7.04. The third-order valence-electron chi connectivity index (χ3n) is 3.29. The molecular formula is C14H17N3O3S. The van der Waals surface area contributed by atoms with Crippen molar-refractivity contribution in [3.63, 3.8) is 0 Å². The fourth-order valence-electron chi connectivity index (χ4n) is 2.40. The number of imide groups is 1. The maximum Gasteiger partial charge on any atom is 0.417 e. The van der Waals surface area contributed by atoms with Gasteiger partial charge < -0.3 is 10.1 Å². The van der Waals surface area contributed by atoms with Crippen LogP contribution in [0.15, 0.2) is 4.99 Å². The van der Waals surface area contributed by atoms with Crippen molar-refractivity contribution in [1.82, 2.24) is 4.90 Å². The summed E-state index contributed by atoms with van der Waals surface area (Å²) < 4.78 is 5.30. The van der Waals surface area contributed by atoms with Gasteiger partial charge in [0.25, 0.3) is 5.91 Å². The number of carbonyl (C=O) groups is 2. The van der Waals surface area contributed by atoms with E-state index in [1.165, 1.54) is 16.2 Å². The smallest absolute Gasteiger partial charge is 0.417 e. The highest BCUT2D eigenvalue weighted by molar-refractivity contribution is 7.18. The molecule has 0 bridgehead atoms. The molecule has 1 aromatic heterocycles. The zero-order valence-electron chi connectivity index (χ0n) is 12.2. The molecule has 2 aliphatic rings. The minimum absolute atomic E-state index is 0.272. The quantitative estimate of drug-likeness (QED) is 0.800. The molecule has 0 saturated carbocycles. The van der Waals surface area contributed by atoms with E-state index in [0.29, 0.717) is 24.4 Å². The Hall–Kier alpha value is -1.89. The van der Waals surface area contributed by atoms with Gasteiger partial charge in [-0.3, -0.25) is 9.79 Å². The summed E-state index contributed by atoms with van der Waals surface area (Å²) in [7, 11) is 0. The average molecular weight is 307 g/mol. The number of aliphatic imine (C=N–C) groups is 1. The van der Waals surface area contributed by atoms with Crippen LogP contribution in [0.25, 0.3) is 0 Å². The highest BCUT2D eigenvalue weighted by atomic mass is 32.1. The Morgan fingerprint density at radius 1 is 1.43 bits per heavy atom. The zero-order chi connectivity index (χ0) is 15.2. The van der Waals surface area contributed by atoms with Crippen molar-refractivity contribution in [3.05, 3.63) is 16.0 Å². The van der Waals surface area contributed by atoms with Crippen LogP contribution >= 0.6 is 11.3 Å². The lowest BCUT2D eigenvalue weighted by atomic mass is 10.0. The number of thiophene rings is 1. The lowest BCUT2D eigenvalue weighted by Crippen LogP contribution is -2.44. The molecule has 0 radical (unpaired) electrons. The summed E-state index contributed by atoms with van der Waals surface area (Å²) >= 11 is 1.38. The van der Waals surface area contributed by atoms with Crippen LogP contribution in [0.3, 0.4) is 0 Å². The molecule has 0 fully saturated rings. The molecule has 21 heavy (non-hydrogen) atoms. The SMILES string of the molecule is CC(C)(C)OC(=O)N1CCc2c(sc3c2CN=CN3)C1=O. The van der Waals surface area contributed by atoms with E-state index >= 15 is 0 Å². The van der Waals surface area contributed by atoms with Crippen molar-refractivity contribution in [2.24, 2.45) is 4.99 Å². The first-order chi connectivity index (χ1) is 9.87. The Morgan fingerprint density at radius 2 is 2.19 bits per heavy atom. The number of hydrogen-bond acceptors (Lipinski definition) is 6. The molecule has 1 aromatic rings. The molecule has 2 aliphatic heterocycles. The van der Waals surface area contributed by atoms with Crippen molar-refractivity contribution < 1.29 is 14.3 Å². The van der Waals surface area contributed by atoms with E-state index in [9.17, 15) is 9.59 Å². The molecule has 2 amide bonds. The number of nitrogens with one attached hydrogen (secondary N) is 1. The van der Waals surface area contributed by atoms with Gasteiger partial charge in [-0.05, 0) is 32.8 Å². The Bertz CT molecular complexity index is 643. The first kappa shape index (κ1) is 14.1. The molecule has 0 unspecified atom stereocenters. The second-order valence-electron chi connectivity index (χ2n) is 6.02. The van der Waals surface area contributed by atoms with Crippen LogP contribution in [0.5, 0.6) is 0 Å². The number of fused-ring (bicyclic) bond motifs is 3. The van der Waals surface area contributed by atoms with Crippen molar-refractivity contribution in [3.8, 4) is 0 Å². The highest BCUT2D eigenvalue weighted by Gasteiger charge is 2.36. The van der Waals surface area contributed by atoms with Gasteiger partial charge in [-0.25, -0.2) is 9.69 Å². The number of ether oxygens (including phenoxy) is 1. The molecule has 0 saturated heterocycles. The molecule has 7 heteroatoms. The topological polar surface area (TPSA) is 71.0 Å². The summed E-state index contributed by atoms with van der Waals surface area (Å²) in [5, 5.41) is 4.02. The normalized spacial score (nSPS) is 17.1. The first-order valence-corrected chi connectivity index (χ1v) is 7.62. The molecule has 0 aliphatic carbocycles. The van der Waals surface area contributed by atoms with Crippen LogP contribution in [-0.2, 0) is 17.7 Å². The van der Waals surface area contributed by atoms with E-state index in [-0.39, 0.29) is 5.91 Å². The minimum atomic E-state index is -0.609. The van der Waals surface area contributed by atoms with E-state index in [0.717, 1.165) is 16.1 Å². The third kappa shape index (κ3) is 2.53. The molecule has 112 valence electrons. The van der Waals surface area contributed by atoms with E-state index in [2.05, 4.69) is 10.3 Å². The minimum Gasteiger partial charge on any atom is -0.443 e. The van der Waals surface area contributed by atoms with Crippen molar-refractivity contribution in [2.45, 2.75) is 39.3 Å². The van der Waals surface area contributed by atoms with Gasteiger partial charge in [-0.15, -0.1) is 11.3 Å². The van der Waals surface area contributed by atoms with Crippen LogP contribution in [0.1, 0.15) is 41.6 Å². The molecule has 0 spiro atoms. The Kier molecular flexibility index (Phi) is 3.24. The monoisotopic (exact) mass is 307 g/mol. The van der Waals surface area contributed by atoms with Gasteiger partial charge in [0, 0.05) is 12.1 Å². The number of rotatable bonds is 0. The Morgan fingerprint density at radius 3 is 2.90 bits per heavy atom. The predicted octanol–water partition coefficient (Wildman–Crippen LogP) is 2.64. The summed E-state index contributed by atoms with van der Waals surface area (Å²) in [6.07, 6.45) is 1.72. The van der Waals surface area contributed by atoms with Gasteiger partial charge in [0.15, 0.2) is 0 Å². The van der Waals surface area contributed by atoms with E-state index < -0.39 is 11.7 Å². The van der Waals surface area contributed by atoms with Crippen LogP contribution in [0, 0.1) is 0 Å². The van der Waals surface area contributed by atoms with Crippen LogP contribution in [0.4, 0.5) is 9.80 Å². The lowest BCUT2D eigenvalue weighted by Gasteiger charge is -2.28. The molecule has 6 nitrogen and oxygen atoms in total. The van der Waals surface area contributed by atoms with Crippen molar-refractivity contribution in [1.29, 1.82) is 0 Å². The van der Waals surface area contributed by atoms with Crippen LogP contribution < -0.4 is 5.32 Å². The Labute approximate surface area is 126 Å². The van der Waals surface area contributed by atoms with E-state index in [1.54, 1.807) is 27.1 Å². The lowest BCUT2D eigenvalue weighted by molar-refractivity contribution is 0.0235. The third-order valence-corrected chi connectivity index (χ3v) is 4.49. The second kappa shape index (κ2) is 4.84. The van der Waals surface area contributed by atoms with Crippen LogP contribution in [-0.4, -0.2) is 35.4 Å². The fourth-order valence-corrected chi connectivity index (χ4v) is 3.57. The average Bonchev–Trinajstić information content (AvgIpc) is 2.77. The van der Waals surface area contributed by atoms with Gasteiger partial charge in [0.05, 0.1) is 22.8 Å². The number of hydrogen-bond donors (Lipinski definition) is 1. The number of anilines is 1. The number of amides is 2. The van der Waals surface area contributed by atoms with Crippen molar-refractivity contribution >= 4 is 34.7 Å². The maximum absolute atomic E-state index is 12.5. The fraction of sp³-hybridized carbons (Fsp3) is 0.500. The first-order valence-electron chi connectivity index (χ1n) is 6.81. The standard InChI is InChI=1S/C14H17N3O3S/c1-14(2,3)20-13(19)17-5-4-8-9-6-15-7-16-11(9)21-10(8)12(17)18/h7H,4-6H2,1-3H3,(H,15,16). The van der Waals surface area contributed by atoms with Gasteiger partial charge in [-0.1, -0.05) is 0 Å². The van der Waals surface area contributed by atoms with Gasteiger partial charge >= 0.3 is 6.09 Å². The van der Waals surface area contributed by atoms with Gasteiger partial charge in [0.1, 0.15) is 5.60 Å². The van der Waals surface area contributed by atoms with Gasteiger partial charge in [0.2, 0.25) is 0 Å². The molecule has 3 heterocycles. The zero-order valence-corrected chi connectivity index (χ0v) is 13.0. The molecule has 1 N–H and O–H groups in total. The number of nitrogens with zero attached hydrogens (tertiary/aromatic N) is 2. The van der Waals surface area contributed by atoms with Crippen molar-refractivity contribution in [2.75, 3.05) is 11.9 Å². The predicted molar refractivity (Wildman–Crippen MR) is 81.1 cm³/mol. The largest absolute Gasteiger partial charge is 0.443 e. The van der Waals surface area contributed by atoms with Crippen LogP contribution in [0.2, 0.25) is 0 Å². The Balaban J connectivity index is 1.86. The summed E-state index contributed by atoms with van der Waals surface area (Å²) in [5.74, 6) is -0.272. The van der Waals surface area contributed by atoms with E-state index in [1.807, 2.05) is 0 Å². The summed E-state index contributed by atoms with van der Waals surface area (Å²) in [4.78, 5) is 30.6. The van der Waals surface area contributed by atoms with Gasteiger partial charge in [-0.2, -0.15) is 0 Å². The summed E-state index contributed by atoms with van der Waals surface area (Å²) in [6.45, 7) is 6.31. The van der Waals surface area contributed by atoms with E-state index in [4.69, 9.17) is 4.74 Å². The molecule has 0 atom stereocenters. The molecule has 3 rings (SSSR count). The highest BCUT2D eigenvalue weighted by Crippen LogP contribution is 2.38. The number of carbonyl (C=O) groups excluding carboxylic acids is 2. The molecule has 0 aromatic carbocycles. The maximum atomic E-state index is 12.5. The summed E-state index contributed by atoms with van der Waals surface area (Å²) in [5.41, 5.74) is 1.49.